The summed E-state index contributed by atoms with van der Waals surface area (Å²) in [6.45, 7) is 0.688. The summed E-state index contributed by atoms with van der Waals surface area (Å²) in [6, 6.07) is 15.1. The quantitative estimate of drug-likeness (QED) is 0.943. The lowest BCUT2D eigenvalue weighted by Gasteiger charge is -2.16. The van der Waals surface area contributed by atoms with Gasteiger partial charge < -0.3 is 4.90 Å². The second-order valence-electron chi connectivity index (χ2n) is 5.11. The third-order valence-corrected chi connectivity index (χ3v) is 4.96. The standard InChI is InChI=1S/C16H16N2O3S/c19-16-7-4-12-18(16)14-8-10-15(11-9-14)22(20,21)17-13-5-2-1-3-6-13/h1-3,5-6,8-11,17H,4,7,12H2. The molecule has 1 aliphatic heterocycles. The number of sulfonamides is 1. The topological polar surface area (TPSA) is 66.5 Å². The third kappa shape index (κ3) is 2.96. The lowest BCUT2D eigenvalue weighted by Crippen LogP contribution is -2.23. The van der Waals surface area contributed by atoms with Crippen molar-refractivity contribution in [2.45, 2.75) is 17.7 Å². The normalized spacial score (nSPS) is 15.1. The van der Waals surface area contributed by atoms with Gasteiger partial charge in [0.15, 0.2) is 0 Å². The van der Waals surface area contributed by atoms with E-state index in [2.05, 4.69) is 4.72 Å². The van der Waals surface area contributed by atoms with Crippen LogP contribution >= 0.6 is 0 Å². The van der Waals surface area contributed by atoms with Crippen LogP contribution in [-0.4, -0.2) is 20.9 Å². The van der Waals surface area contributed by atoms with Crippen LogP contribution in [0.15, 0.2) is 59.5 Å². The molecule has 0 spiro atoms. The predicted octanol–water partition coefficient (Wildman–Crippen LogP) is 2.61. The van der Waals surface area contributed by atoms with Crippen molar-refractivity contribution in [2.24, 2.45) is 0 Å². The van der Waals surface area contributed by atoms with Crippen LogP contribution in [-0.2, 0) is 14.8 Å². The van der Waals surface area contributed by atoms with Crippen molar-refractivity contribution in [3.63, 3.8) is 0 Å². The molecule has 1 saturated heterocycles. The summed E-state index contributed by atoms with van der Waals surface area (Å²) in [5.74, 6) is 0.0815. The molecule has 0 radical (unpaired) electrons. The molecule has 22 heavy (non-hydrogen) atoms. The minimum absolute atomic E-state index is 0.0815. The Balaban J connectivity index is 1.81. The monoisotopic (exact) mass is 316 g/mol. The number of hydrogen-bond donors (Lipinski definition) is 1. The number of carbonyl (C=O) groups excluding carboxylic acids is 1. The lowest BCUT2D eigenvalue weighted by atomic mass is 10.3. The fourth-order valence-electron chi connectivity index (χ4n) is 2.45. The Morgan fingerprint density at radius 2 is 1.64 bits per heavy atom. The number of benzene rings is 2. The second-order valence-corrected chi connectivity index (χ2v) is 6.80. The number of hydrogen-bond acceptors (Lipinski definition) is 3. The number of anilines is 2. The van der Waals surface area contributed by atoms with Gasteiger partial charge in [-0.15, -0.1) is 0 Å². The highest BCUT2D eigenvalue weighted by Gasteiger charge is 2.22. The average Bonchev–Trinajstić information content (AvgIpc) is 2.94. The van der Waals surface area contributed by atoms with Crippen molar-refractivity contribution in [1.82, 2.24) is 0 Å². The molecule has 0 aliphatic carbocycles. The molecule has 2 aromatic rings. The minimum Gasteiger partial charge on any atom is -0.312 e. The Bertz CT molecular complexity index is 771. The van der Waals surface area contributed by atoms with E-state index in [1.54, 1.807) is 41.3 Å². The van der Waals surface area contributed by atoms with Crippen LogP contribution in [0.3, 0.4) is 0 Å². The zero-order valence-corrected chi connectivity index (χ0v) is 12.7. The molecular weight excluding hydrogens is 300 g/mol. The van der Waals surface area contributed by atoms with Gasteiger partial charge >= 0.3 is 0 Å². The van der Waals surface area contributed by atoms with Gasteiger partial charge in [0, 0.05) is 24.3 Å². The van der Waals surface area contributed by atoms with E-state index in [4.69, 9.17) is 0 Å². The summed E-state index contributed by atoms with van der Waals surface area (Å²) in [7, 11) is -3.62. The van der Waals surface area contributed by atoms with Crippen LogP contribution in [0, 0.1) is 0 Å². The molecule has 0 bridgehead atoms. The van der Waals surface area contributed by atoms with Crippen molar-refractivity contribution in [1.29, 1.82) is 0 Å². The van der Waals surface area contributed by atoms with E-state index in [1.807, 2.05) is 6.07 Å². The van der Waals surface area contributed by atoms with Crippen LogP contribution < -0.4 is 9.62 Å². The van der Waals surface area contributed by atoms with Crippen LogP contribution in [0.5, 0.6) is 0 Å². The number of carbonyl (C=O) groups is 1. The average molecular weight is 316 g/mol. The Labute approximate surface area is 129 Å². The van der Waals surface area contributed by atoms with Crippen molar-refractivity contribution in [3.8, 4) is 0 Å². The maximum absolute atomic E-state index is 12.3. The molecule has 6 heteroatoms. The van der Waals surface area contributed by atoms with Gasteiger partial charge in [-0.3, -0.25) is 9.52 Å². The number of rotatable bonds is 4. The van der Waals surface area contributed by atoms with Crippen LogP contribution in [0.1, 0.15) is 12.8 Å². The number of para-hydroxylation sites is 1. The summed E-state index contributed by atoms with van der Waals surface area (Å²) >= 11 is 0. The van der Waals surface area contributed by atoms with Crippen LogP contribution in [0.25, 0.3) is 0 Å². The van der Waals surface area contributed by atoms with E-state index < -0.39 is 10.0 Å². The fourth-order valence-corrected chi connectivity index (χ4v) is 3.51. The van der Waals surface area contributed by atoms with E-state index in [9.17, 15) is 13.2 Å². The highest BCUT2D eigenvalue weighted by molar-refractivity contribution is 7.92. The summed E-state index contributed by atoms with van der Waals surface area (Å²) in [5, 5.41) is 0. The van der Waals surface area contributed by atoms with Gasteiger partial charge in [-0.05, 0) is 42.8 Å². The minimum atomic E-state index is -3.62. The zero-order valence-electron chi connectivity index (χ0n) is 11.9. The smallest absolute Gasteiger partial charge is 0.261 e. The Kier molecular flexibility index (Phi) is 3.85. The SMILES string of the molecule is O=C1CCCN1c1ccc(S(=O)(=O)Nc2ccccc2)cc1. The first-order chi connectivity index (χ1) is 10.6. The first-order valence-corrected chi connectivity index (χ1v) is 8.53. The fraction of sp³-hybridized carbons (Fsp3) is 0.188. The van der Waals surface area contributed by atoms with Crippen LogP contribution in [0.2, 0.25) is 0 Å². The van der Waals surface area contributed by atoms with Gasteiger partial charge in [0.1, 0.15) is 0 Å². The van der Waals surface area contributed by atoms with Crippen LogP contribution in [0.4, 0.5) is 11.4 Å². The Hall–Kier alpha value is -2.34. The highest BCUT2D eigenvalue weighted by atomic mass is 32.2. The van der Waals surface area contributed by atoms with Crippen molar-refractivity contribution in [3.05, 3.63) is 54.6 Å². The van der Waals surface area contributed by atoms with Gasteiger partial charge in [-0.25, -0.2) is 8.42 Å². The number of amides is 1. The van der Waals surface area contributed by atoms with Crippen molar-refractivity contribution < 1.29 is 13.2 Å². The molecule has 0 atom stereocenters. The predicted molar refractivity (Wildman–Crippen MR) is 85.3 cm³/mol. The molecule has 1 aliphatic rings. The molecule has 0 saturated carbocycles. The molecule has 1 N–H and O–H groups in total. The maximum Gasteiger partial charge on any atom is 0.261 e. The molecule has 5 nitrogen and oxygen atoms in total. The second kappa shape index (κ2) is 5.81. The Morgan fingerprint density at radius 1 is 0.955 bits per heavy atom. The van der Waals surface area contributed by atoms with Gasteiger partial charge in [-0.1, -0.05) is 18.2 Å². The summed E-state index contributed by atoms with van der Waals surface area (Å²) in [5.41, 5.74) is 1.25. The number of nitrogens with zero attached hydrogens (tertiary/aromatic N) is 1. The molecule has 0 aromatic heterocycles. The first-order valence-electron chi connectivity index (χ1n) is 7.04. The molecule has 1 heterocycles. The van der Waals surface area contributed by atoms with E-state index in [0.29, 0.717) is 18.7 Å². The summed E-state index contributed by atoms with van der Waals surface area (Å²) in [4.78, 5) is 13.5. The third-order valence-electron chi connectivity index (χ3n) is 3.56. The van der Waals surface area contributed by atoms with E-state index in [0.717, 1.165) is 12.1 Å². The first kappa shape index (κ1) is 14.6. The van der Waals surface area contributed by atoms with Crippen molar-refractivity contribution in [2.75, 3.05) is 16.2 Å². The molecule has 3 rings (SSSR count). The van der Waals surface area contributed by atoms with Gasteiger partial charge in [-0.2, -0.15) is 0 Å². The maximum atomic E-state index is 12.3. The zero-order chi connectivity index (χ0) is 15.6. The van der Waals surface area contributed by atoms with E-state index >= 15 is 0 Å². The number of nitrogens with one attached hydrogen (secondary N) is 1. The van der Waals surface area contributed by atoms with Crippen molar-refractivity contribution >= 4 is 27.3 Å². The molecule has 1 amide bonds. The van der Waals surface area contributed by atoms with Gasteiger partial charge in [0.05, 0.1) is 4.90 Å². The van der Waals surface area contributed by atoms with E-state index in [-0.39, 0.29) is 10.8 Å². The highest BCUT2D eigenvalue weighted by Crippen LogP contribution is 2.23. The molecule has 1 fully saturated rings. The lowest BCUT2D eigenvalue weighted by molar-refractivity contribution is -0.117. The molecular formula is C16H16N2O3S. The largest absolute Gasteiger partial charge is 0.312 e. The van der Waals surface area contributed by atoms with E-state index in [1.165, 1.54) is 12.1 Å². The summed E-state index contributed by atoms with van der Waals surface area (Å²) < 4.78 is 27.1. The Morgan fingerprint density at radius 3 is 2.23 bits per heavy atom. The molecule has 0 unspecified atom stereocenters. The molecule has 2 aromatic carbocycles. The van der Waals surface area contributed by atoms with Gasteiger partial charge in [0.2, 0.25) is 5.91 Å². The molecule has 114 valence electrons. The summed E-state index contributed by atoms with van der Waals surface area (Å²) in [6.07, 6.45) is 1.39. The van der Waals surface area contributed by atoms with Gasteiger partial charge in [0.25, 0.3) is 10.0 Å².